The van der Waals surface area contributed by atoms with Gasteiger partial charge in [0.2, 0.25) is 0 Å². The molecule has 2 aromatic rings. The van der Waals surface area contributed by atoms with Crippen LogP contribution in [0.4, 0.5) is 0 Å². The highest BCUT2D eigenvalue weighted by molar-refractivity contribution is 6.36. The van der Waals surface area contributed by atoms with Gasteiger partial charge < -0.3 is 14.7 Å². The molecule has 0 unspecified atom stereocenters. The van der Waals surface area contributed by atoms with Gasteiger partial charge in [0.15, 0.2) is 23.9 Å². The van der Waals surface area contributed by atoms with E-state index in [4.69, 9.17) is 32.7 Å². The fourth-order valence-corrected chi connectivity index (χ4v) is 2.38. The molecule has 2 rings (SSSR count). The highest BCUT2D eigenvalue weighted by atomic mass is 35.5. The number of hydrogen-bond donors (Lipinski definition) is 0. The Kier molecular flexibility index (Phi) is 4.94. The van der Waals surface area contributed by atoms with E-state index in [1.807, 2.05) is 18.2 Å². The lowest BCUT2D eigenvalue weighted by Gasteiger charge is -2.07. The summed E-state index contributed by atoms with van der Waals surface area (Å²) in [5.41, 5.74) is 1.47. The van der Waals surface area contributed by atoms with Gasteiger partial charge in [0.05, 0.1) is 14.2 Å². The third kappa shape index (κ3) is 3.60. The molecule has 1 aromatic heterocycles. The first-order chi connectivity index (χ1) is 10.0. The summed E-state index contributed by atoms with van der Waals surface area (Å²) in [6, 6.07) is 5.50. The minimum atomic E-state index is 0.286. The van der Waals surface area contributed by atoms with Crippen LogP contribution in [0.2, 0.25) is 10.0 Å². The van der Waals surface area contributed by atoms with E-state index in [1.54, 1.807) is 26.4 Å². The second-order valence-corrected chi connectivity index (χ2v) is 4.99. The molecular weight excluding hydrogens is 313 g/mol. The molecule has 0 amide bonds. The molecule has 0 atom stereocenters. The highest BCUT2D eigenvalue weighted by Crippen LogP contribution is 2.29. The lowest BCUT2D eigenvalue weighted by atomic mass is 10.1. The van der Waals surface area contributed by atoms with Gasteiger partial charge in [-0.1, -0.05) is 41.4 Å². The van der Waals surface area contributed by atoms with Crippen molar-refractivity contribution in [1.29, 1.82) is 0 Å². The van der Waals surface area contributed by atoms with Gasteiger partial charge in [-0.3, -0.25) is 0 Å². The molecule has 1 aromatic carbocycles. The topological polar surface area (TPSA) is 45.4 Å². The fourth-order valence-electron chi connectivity index (χ4n) is 1.81. The van der Waals surface area contributed by atoms with Crippen LogP contribution in [0.5, 0.6) is 11.5 Å². The third-order valence-electron chi connectivity index (χ3n) is 2.85. The summed E-state index contributed by atoms with van der Waals surface area (Å²) < 4.78 is 11.0. The van der Waals surface area contributed by atoms with Crippen molar-refractivity contribution in [3.05, 3.63) is 57.0 Å². The van der Waals surface area contributed by atoms with E-state index in [0.717, 1.165) is 5.56 Å². The van der Waals surface area contributed by atoms with Crippen LogP contribution >= 0.6 is 23.2 Å². The summed E-state index contributed by atoms with van der Waals surface area (Å²) in [6.07, 6.45) is 6.07. The Bertz CT molecular complexity index is 664. The van der Waals surface area contributed by atoms with Crippen LogP contribution in [0.1, 0.15) is 11.1 Å². The second kappa shape index (κ2) is 6.70. The average Bonchev–Trinajstić information content (AvgIpc) is 2.45. The van der Waals surface area contributed by atoms with Crippen molar-refractivity contribution >= 4 is 35.4 Å². The highest BCUT2D eigenvalue weighted by Gasteiger charge is 2.08. The zero-order valence-corrected chi connectivity index (χ0v) is 13.0. The molecule has 0 saturated carbocycles. The lowest BCUT2D eigenvalue weighted by Crippen LogP contribution is -2.24. The second-order valence-electron chi connectivity index (χ2n) is 4.18. The number of pyridine rings is 1. The molecule has 0 bridgehead atoms. The SMILES string of the molecule is COc1ccc(C=Cc2c(Cl)c[n+]([O-])cc2Cl)cc1OC. The number of ether oxygens (including phenoxy) is 2. The molecule has 6 heteroatoms. The first-order valence-electron chi connectivity index (χ1n) is 6.03. The van der Waals surface area contributed by atoms with Crippen molar-refractivity contribution in [2.75, 3.05) is 14.2 Å². The van der Waals surface area contributed by atoms with Crippen molar-refractivity contribution in [2.45, 2.75) is 0 Å². The standard InChI is InChI=1S/C15H13Cl2NO3/c1-20-14-6-4-10(7-15(14)21-2)3-5-11-12(16)8-18(19)9-13(11)17/h3-9H,1-2H3. The van der Waals surface area contributed by atoms with Gasteiger partial charge in [-0.2, -0.15) is 4.73 Å². The van der Waals surface area contributed by atoms with Crippen LogP contribution in [0, 0.1) is 5.21 Å². The van der Waals surface area contributed by atoms with Crippen molar-refractivity contribution < 1.29 is 14.2 Å². The van der Waals surface area contributed by atoms with Gasteiger partial charge in [-0.25, -0.2) is 0 Å². The van der Waals surface area contributed by atoms with Crippen molar-refractivity contribution in [2.24, 2.45) is 0 Å². The van der Waals surface area contributed by atoms with E-state index >= 15 is 0 Å². The third-order valence-corrected chi connectivity index (χ3v) is 3.45. The van der Waals surface area contributed by atoms with Gasteiger partial charge in [-0.05, 0) is 17.7 Å². The number of rotatable bonds is 4. The smallest absolute Gasteiger partial charge is 0.199 e. The molecule has 0 N–H and O–H groups in total. The minimum absolute atomic E-state index is 0.286. The zero-order valence-electron chi connectivity index (χ0n) is 11.5. The van der Waals surface area contributed by atoms with Gasteiger partial charge in [0.1, 0.15) is 10.0 Å². The predicted molar refractivity (Wildman–Crippen MR) is 83.9 cm³/mol. The van der Waals surface area contributed by atoms with Gasteiger partial charge in [-0.15, -0.1) is 0 Å². The first-order valence-corrected chi connectivity index (χ1v) is 6.78. The van der Waals surface area contributed by atoms with Crippen LogP contribution in [0.25, 0.3) is 12.2 Å². The van der Waals surface area contributed by atoms with E-state index in [-0.39, 0.29) is 10.0 Å². The average molecular weight is 326 g/mol. The van der Waals surface area contributed by atoms with Gasteiger partial charge in [0.25, 0.3) is 0 Å². The Morgan fingerprint density at radius 3 is 2.19 bits per heavy atom. The maximum absolute atomic E-state index is 11.2. The van der Waals surface area contributed by atoms with Gasteiger partial charge in [0, 0.05) is 5.56 Å². The molecule has 0 aliphatic carbocycles. The minimum Gasteiger partial charge on any atom is -0.619 e. The van der Waals surface area contributed by atoms with Gasteiger partial charge >= 0.3 is 0 Å². The van der Waals surface area contributed by atoms with E-state index in [0.29, 0.717) is 21.8 Å². The number of hydrogen-bond acceptors (Lipinski definition) is 3. The lowest BCUT2D eigenvalue weighted by molar-refractivity contribution is -0.605. The molecule has 0 aliphatic rings. The summed E-state index contributed by atoms with van der Waals surface area (Å²) in [6.45, 7) is 0. The summed E-state index contributed by atoms with van der Waals surface area (Å²) in [7, 11) is 3.15. The van der Waals surface area contributed by atoms with Crippen LogP contribution in [-0.2, 0) is 0 Å². The molecule has 0 radical (unpaired) electrons. The Hall–Kier alpha value is -1.91. The molecule has 4 nitrogen and oxygen atoms in total. The number of methoxy groups -OCH3 is 2. The number of aromatic nitrogens is 1. The molecule has 0 saturated heterocycles. The Labute approximate surface area is 132 Å². The molecular formula is C15H13Cl2NO3. The quantitative estimate of drug-likeness (QED) is 0.634. The predicted octanol–water partition coefficient (Wildman–Crippen LogP) is 3.81. The summed E-state index contributed by atoms with van der Waals surface area (Å²) in [5, 5.41) is 11.8. The molecule has 21 heavy (non-hydrogen) atoms. The van der Waals surface area contributed by atoms with Crippen LogP contribution < -0.4 is 14.2 Å². The van der Waals surface area contributed by atoms with Crippen LogP contribution in [0.15, 0.2) is 30.6 Å². The Balaban J connectivity index is 2.34. The summed E-state index contributed by atoms with van der Waals surface area (Å²) >= 11 is 12.0. The van der Waals surface area contributed by atoms with Crippen LogP contribution in [0.3, 0.4) is 0 Å². The zero-order chi connectivity index (χ0) is 15.4. The normalized spacial score (nSPS) is 10.9. The summed E-state index contributed by atoms with van der Waals surface area (Å²) in [4.78, 5) is 0. The molecule has 0 spiro atoms. The van der Waals surface area contributed by atoms with E-state index in [1.165, 1.54) is 12.4 Å². The van der Waals surface area contributed by atoms with Crippen molar-refractivity contribution in [3.63, 3.8) is 0 Å². The fraction of sp³-hybridized carbons (Fsp3) is 0.133. The van der Waals surface area contributed by atoms with Crippen LogP contribution in [-0.4, -0.2) is 14.2 Å². The molecule has 0 fully saturated rings. The first kappa shape index (κ1) is 15.5. The Morgan fingerprint density at radius 2 is 1.62 bits per heavy atom. The van der Waals surface area contributed by atoms with E-state index in [2.05, 4.69) is 0 Å². The number of halogens is 2. The number of nitrogens with zero attached hydrogens (tertiary/aromatic N) is 1. The van der Waals surface area contributed by atoms with Crippen molar-refractivity contribution in [1.82, 2.24) is 0 Å². The monoisotopic (exact) mass is 325 g/mol. The number of benzene rings is 1. The molecule has 1 heterocycles. The van der Waals surface area contributed by atoms with E-state index in [9.17, 15) is 5.21 Å². The maximum Gasteiger partial charge on any atom is 0.199 e. The molecule has 0 aliphatic heterocycles. The van der Waals surface area contributed by atoms with E-state index < -0.39 is 0 Å². The largest absolute Gasteiger partial charge is 0.619 e. The maximum atomic E-state index is 11.2. The molecule has 110 valence electrons. The van der Waals surface area contributed by atoms with Crippen molar-refractivity contribution in [3.8, 4) is 11.5 Å². The Morgan fingerprint density at radius 1 is 1.00 bits per heavy atom. The summed E-state index contributed by atoms with van der Waals surface area (Å²) in [5.74, 6) is 1.28.